The number of hydrogen-bond donors (Lipinski definition) is 0. The van der Waals surface area contributed by atoms with Crippen LogP contribution in [0.1, 0.15) is 53.4 Å². The Labute approximate surface area is 71.4 Å². The third-order valence-electron chi connectivity index (χ3n) is 3.32. The Hall–Kier alpha value is 0. The van der Waals surface area contributed by atoms with Crippen LogP contribution in [0.4, 0.5) is 0 Å². The third kappa shape index (κ3) is 2.21. The highest BCUT2D eigenvalue weighted by Crippen LogP contribution is 2.57. The molecule has 1 aliphatic carbocycles. The van der Waals surface area contributed by atoms with Crippen molar-refractivity contribution < 1.29 is 0 Å². The molecule has 0 aromatic rings. The van der Waals surface area contributed by atoms with E-state index in [9.17, 15) is 0 Å². The first kappa shape index (κ1) is 9.09. The van der Waals surface area contributed by atoms with Crippen molar-refractivity contribution in [2.45, 2.75) is 53.4 Å². The largest absolute Gasteiger partial charge is 0.0651 e. The molecule has 1 fully saturated rings. The lowest BCUT2D eigenvalue weighted by atomic mass is 9.94. The Balaban J connectivity index is 2.18. The second-order valence-corrected chi connectivity index (χ2v) is 4.90. The van der Waals surface area contributed by atoms with E-state index in [1.807, 2.05) is 0 Å². The van der Waals surface area contributed by atoms with Gasteiger partial charge in [-0.25, -0.2) is 0 Å². The van der Waals surface area contributed by atoms with Crippen molar-refractivity contribution in [3.63, 3.8) is 0 Å². The molecule has 0 radical (unpaired) electrons. The van der Waals surface area contributed by atoms with Gasteiger partial charge in [-0.05, 0) is 30.1 Å². The topological polar surface area (TPSA) is 0 Å². The van der Waals surface area contributed by atoms with Gasteiger partial charge in [-0.15, -0.1) is 0 Å². The van der Waals surface area contributed by atoms with Crippen LogP contribution in [0.3, 0.4) is 0 Å². The van der Waals surface area contributed by atoms with Gasteiger partial charge in [0.2, 0.25) is 0 Å². The average Bonchev–Trinajstić information content (AvgIpc) is 2.59. The zero-order valence-corrected chi connectivity index (χ0v) is 8.48. The standard InChI is InChI=1S/C11H22/c1-5-10-8-11(10,4)7-6-9(2)3/h9-10H,5-8H2,1-4H3. The summed E-state index contributed by atoms with van der Waals surface area (Å²) in [4.78, 5) is 0. The van der Waals surface area contributed by atoms with Crippen LogP contribution in [0.25, 0.3) is 0 Å². The molecule has 0 heteroatoms. The van der Waals surface area contributed by atoms with E-state index in [-0.39, 0.29) is 0 Å². The van der Waals surface area contributed by atoms with Crippen LogP contribution in [0, 0.1) is 17.3 Å². The molecule has 0 saturated heterocycles. The van der Waals surface area contributed by atoms with Crippen LogP contribution in [0.5, 0.6) is 0 Å². The number of rotatable bonds is 4. The Bertz CT molecular complexity index is 126. The van der Waals surface area contributed by atoms with E-state index in [0.717, 1.165) is 17.3 Å². The maximum absolute atomic E-state index is 2.46. The molecule has 1 aliphatic rings. The molecule has 0 amide bonds. The van der Waals surface area contributed by atoms with E-state index in [1.54, 1.807) is 0 Å². The fourth-order valence-electron chi connectivity index (χ4n) is 2.07. The summed E-state index contributed by atoms with van der Waals surface area (Å²) in [5, 5.41) is 0. The van der Waals surface area contributed by atoms with Gasteiger partial charge >= 0.3 is 0 Å². The zero-order chi connectivity index (χ0) is 8.48. The van der Waals surface area contributed by atoms with E-state index < -0.39 is 0 Å². The smallest absolute Gasteiger partial charge is 0.0294 e. The van der Waals surface area contributed by atoms with Gasteiger partial charge in [0.25, 0.3) is 0 Å². The Morgan fingerprint density at radius 3 is 2.45 bits per heavy atom. The fraction of sp³-hybridized carbons (Fsp3) is 1.00. The fourth-order valence-corrected chi connectivity index (χ4v) is 2.07. The molecular formula is C11H22. The first-order valence-electron chi connectivity index (χ1n) is 5.08. The van der Waals surface area contributed by atoms with E-state index in [4.69, 9.17) is 0 Å². The van der Waals surface area contributed by atoms with Gasteiger partial charge in [0.05, 0.1) is 0 Å². The van der Waals surface area contributed by atoms with Crippen LogP contribution >= 0.6 is 0 Å². The van der Waals surface area contributed by atoms with Crippen LogP contribution in [-0.2, 0) is 0 Å². The predicted molar refractivity (Wildman–Crippen MR) is 50.6 cm³/mol. The van der Waals surface area contributed by atoms with Crippen LogP contribution in [0.2, 0.25) is 0 Å². The van der Waals surface area contributed by atoms with Gasteiger partial charge in [-0.3, -0.25) is 0 Å². The van der Waals surface area contributed by atoms with Gasteiger partial charge < -0.3 is 0 Å². The summed E-state index contributed by atoms with van der Waals surface area (Å²) in [7, 11) is 0. The first-order chi connectivity index (χ1) is 5.08. The quantitative estimate of drug-likeness (QED) is 0.577. The number of hydrogen-bond acceptors (Lipinski definition) is 0. The molecule has 2 atom stereocenters. The van der Waals surface area contributed by atoms with Crippen molar-refractivity contribution in [1.82, 2.24) is 0 Å². The summed E-state index contributed by atoms with van der Waals surface area (Å²) < 4.78 is 0. The molecule has 0 aromatic heterocycles. The Kier molecular flexibility index (Phi) is 2.61. The second kappa shape index (κ2) is 3.16. The molecule has 1 saturated carbocycles. The lowest BCUT2D eigenvalue weighted by molar-refractivity contribution is 0.399. The molecule has 0 heterocycles. The molecule has 11 heavy (non-hydrogen) atoms. The molecule has 1 rings (SSSR count). The molecule has 66 valence electrons. The minimum atomic E-state index is 0.749. The highest BCUT2D eigenvalue weighted by Gasteiger charge is 2.47. The minimum Gasteiger partial charge on any atom is -0.0651 e. The SMILES string of the molecule is CCC1CC1(C)CCC(C)C. The Morgan fingerprint density at radius 1 is 1.45 bits per heavy atom. The summed E-state index contributed by atoms with van der Waals surface area (Å²) in [6.07, 6.45) is 5.78. The lowest BCUT2D eigenvalue weighted by Gasteiger charge is -2.11. The third-order valence-corrected chi connectivity index (χ3v) is 3.32. The van der Waals surface area contributed by atoms with Crippen LogP contribution in [0.15, 0.2) is 0 Å². The highest BCUT2D eigenvalue weighted by molar-refractivity contribution is 4.97. The summed E-state index contributed by atoms with van der Waals surface area (Å²) in [6, 6.07) is 0. The van der Waals surface area contributed by atoms with E-state index >= 15 is 0 Å². The molecule has 2 unspecified atom stereocenters. The molecule has 0 aromatic carbocycles. The molecule has 0 N–H and O–H groups in total. The second-order valence-electron chi connectivity index (χ2n) is 4.90. The van der Waals surface area contributed by atoms with Crippen molar-refractivity contribution in [1.29, 1.82) is 0 Å². The van der Waals surface area contributed by atoms with Crippen LogP contribution in [-0.4, -0.2) is 0 Å². The summed E-state index contributed by atoms with van der Waals surface area (Å²) in [5.41, 5.74) is 0.749. The van der Waals surface area contributed by atoms with Crippen molar-refractivity contribution in [3.05, 3.63) is 0 Å². The van der Waals surface area contributed by atoms with Gasteiger partial charge in [0.15, 0.2) is 0 Å². The van der Waals surface area contributed by atoms with Gasteiger partial charge in [-0.1, -0.05) is 40.5 Å². The van der Waals surface area contributed by atoms with Crippen molar-refractivity contribution >= 4 is 0 Å². The van der Waals surface area contributed by atoms with Crippen LogP contribution < -0.4 is 0 Å². The van der Waals surface area contributed by atoms with E-state index in [2.05, 4.69) is 27.7 Å². The maximum atomic E-state index is 2.46. The summed E-state index contributed by atoms with van der Waals surface area (Å²) in [6.45, 7) is 9.44. The first-order valence-corrected chi connectivity index (χ1v) is 5.08. The Morgan fingerprint density at radius 2 is 2.09 bits per heavy atom. The zero-order valence-electron chi connectivity index (χ0n) is 8.48. The predicted octanol–water partition coefficient (Wildman–Crippen LogP) is 3.86. The molecule has 0 aliphatic heterocycles. The molecular weight excluding hydrogens is 132 g/mol. The van der Waals surface area contributed by atoms with Crippen molar-refractivity contribution in [2.75, 3.05) is 0 Å². The van der Waals surface area contributed by atoms with Gasteiger partial charge in [0, 0.05) is 0 Å². The average molecular weight is 154 g/mol. The van der Waals surface area contributed by atoms with E-state index in [0.29, 0.717) is 0 Å². The normalized spacial score (nSPS) is 36.3. The monoisotopic (exact) mass is 154 g/mol. The van der Waals surface area contributed by atoms with Gasteiger partial charge in [-0.2, -0.15) is 0 Å². The molecule has 0 bridgehead atoms. The molecule has 0 spiro atoms. The summed E-state index contributed by atoms with van der Waals surface area (Å²) >= 11 is 0. The molecule has 0 nitrogen and oxygen atoms in total. The van der Waals surface area contributed by atoms with E-state index in [1.165, 1.54) is 25.7 Å². The summed E-state index contributed by atoms with van der Waals surface area (Å²) in [5.74, 6) is 1.95. The maximum Gasteiger partial charge on any atom is -0.0294 e. The van der Waals surface area contributed by atoms with Gasteiger partial charge in [0.1, 0.15) is 0 Å². The lowest BCUT2D eigenvalue weighted by Crippen LogP contribution is -2.00. The minimum absolute atomic E-state index is 0.749. The van der Waals surface area contributed by atoms with Crippen molar-refractivity contribution in [2.24, 2.45) is 17.3 Å². The highest BCUT2D eigenvalue weighted by atomic mass is 14.5. The van der Waals surface area contributed by atoms with Crippen molar-refractivity contribution in [3.8, 4) is 0 Å².